The third-order valence-corrected chi connectivity index (χ3v) is 14.7. The van der Waals surface area contributed by atoms with Crippen LogP contribution in [0.15, 0.2) is 11.6 Å². The second kappa shape index (κ2) is 20.3. The standard InChI is InChI=1S/C46H82O3/c1-35(2)22-19-17-15-13-11-9-8-10-12-14-16-18-20-33-48-44(47)49-39-29-31-45(6)38(34-39)25-26-40-42-28-27-41(37(5)24-21-23-36(3)4)46(42,7)32-30-43(40)45/h25,35-37,39-43H,8-24,26-34H2,1-7H3/t37-,39-,40+,41-,42-,43+,45+,46-/m1/s1. The van der Waals surface area contributed by atoms with Crippen molar-refractivity contribution in [1.29, 1.82) is 0 Å². The Hall–Kier alpha value is -0.990. The van der Waals surface area contributed by atoms with Crippen molar-refractivity contribution in [1.82, 2.24) is 0 Å². The van der Waals surface area contributed by atoms with Gasteiger partial charge >= 0.3 is 6.16 Å². The van der Waals surface area contributed by atoms with Crippen LogP contribution in [0.25, 0.3) is 0 Å². The van der Waals surface area contributed by atoms with E-state index in [-0.39, 0.29) is 6.10 Å². The van der Waals surface area contributed by atoms with Crippen molar-refractivity contribution in [3.8, 4) is 0 Å². The molecule has 0 spiro atoms. The zero-order valence-electron chi connectivity index (χ0n) is 33.8. The number of allylic oxidation sites excluding steroid dienone is 1. The second-order valence-corrected chi connectivity index (χ2v) is 19.1. The zero-order valence-corrected chi connectivity index (χ0v) is 33.8. The summed E-state index contributed by atoms with van der Waals surface area (Å²) < 4.78 is 11.5. The maximum atomic E-state index is 12.6. The number of fused-ring (bicyclic) bond motifs is 5. The highest BCUT2D eigenvalue weighted by Crippen LogP contribution is 2.67. The van der Waals surface area contributed by atoms with Crippen molar-refractivity contribution < 1.29 is 14.3 Å². The Morgan fingerprint density at radius 1 is 0.694 bits per heavy atom. The highest BCUT2D eigenvalue weighted by Gasteiger charge is 2.59. The number of carbonyl (C=O) groups excluding carboxylic acids is 1. The molecule has 4 rings (SSSR count). The van der Waals surface area contributed by atoms with Crippen LogP contribution in [-0.4, -0.2) is 18.9 Å². The maximum absolute atomic E-state index is 12.6. The first kappa shape index (κ1) is 40.8. The van der Waals surface area contributed by atoms with E-state index in [1.54, 1.807) is 5.57 Å². The average molecular weight is 683 g/mol. The minimum absolute atomic E-state index is 0.00958. The summed E-state index contributed by atoms with van der Waals surface area (Å²) in [4.78, 5) is 12.6. The first-order valence-electron chi connectivity index (χ1n) is 22.1. The maximum Gasteiger partial charge on any atom is 0.508 e. The van der Waals surface area contributed by atoms with E-state index >= 15 is 0 Å². The quantitative estimate of drug-likeness (QED) is 0.0648. The van der Waals surface area contributed by atoms with E-state index in [1.165, 1.54) is 128 Å². The van der Waals surface area contributed by atoms with E-state index in [0.29, 0.717) is 17.4 Å². The van der Waals surface area contributed by atoms with Gasteiger partial charge in [0.15, 0.2) is 0 Å². The molecule has 0 bridgehead atoms. The minimum Gasteiger partial charge on any atom is -0.434 e. The average Bonchev–Trinajstić information content (AvgIpc) is 3.41. The summed E-state index contributed by atoms with van der Waals surface area (Å²) in [6.07, 6.45) is 35.2. The van der Waals surface area contributed by atoms with Gasteiger partial charge < -0.3 is 9.47 Å². The van der Waals surface area contributed by atoms with Gasteiger partial charge in [-0.25, -0.2) is 4.79 Å². The smallest absolute Gasteiger partial charge is 0.434 e. The van der Waals surface area contributed by atoms with Crippen LogP contribution < -0.4 is 0 Å². The number of unbranched alkanes of at least 4 members (excludes halogenated alkanes) is 12. The van der Waals surface area contributed by atoms with Gasteiger partial charge in [-0.3, -0.25) is 0 Å². The van der Waals surface area contributed by atoms with Crippen LogP contribution >= 0.6 is 0 Å². The Morgan fingerprint density at radius 2 is 1.29 bits per heavy atom. The number of hydrogen-bond acceptors (Lipinski definition) is 3. The van der Waals surface area contributed by atoms with Gasteiger partial charge in [-0.15, -0.1) is 0 Å². The van der Waals surface area contributed by atoms with Gasteiger partial charge in [0.2, 0.25) is 0 Å². The van der Waals surface area contributed by atoms with Gasteiger partial charge in [-0.05, 0) is 104 Å². The molecule has 0 unspecified atom stereocenters. The van der Waals surface area contributed by atoms with Crippen LogP contribution in [0, 0.1) is 52.3 Å². The number of ether oxygens (including phenoxy) is 2. The molecule has 0 saturated heterocycles. The Labute approximate surface area is 305 Å². The molecule has 0 aromatic rings. The van der Waals surface area contributed by atoms with Gasteiger partial charge in [0.1, 0.15) is 6.10 Å². The van der Waals surface area contributed by atoms with Crippen LogP contribution in [0.3, 0.4) is 0 Å². The molecule has 3 saturated carbocycles. The summed E-state index contributed by atoms with van der Waals surface area (Å²) in [5.74, 6) is 6.03. The third-order valence-electron chi connectivity index (χ3n) is 14.7. The molecular formula is C46H82O3. The monoisotopic (exact) mass is 683 g/mol. The lowest BCUT2D eigenvalue weighted by Gasteiger charge is -2.58. The first-order valence-corrected chi connectivity index (χ1v) is 22.1. The van der Waals surface area contributed by atoms with E-state index < -0.39 is 6.16 Å². The number of hydrogen-bond donors (Lipinski definition) is 0. The fourth-order valence-electron chi connectivity index (χ4n) is 11.7. The summed E-state index contributed by atoms with van der Waals surface area (Å²) in [5.41, 5.74) is 2.42. The molecule has 0 aliphatic heterocycles. The van der Waals surface area contributed by atoms with Crippen molar-refractivity contribution in [2.75, 3.05) is 6.61 Å². The van der Waals surface area contributed by atoms with Crippen molar-refractivity contribution in [3.63, 3.8) is 0 Å². The van der Waals surface area contributed by atoms with Crippen molar-refractivity contribution >= 4 is 6.16 Å². The molecule has 0 amide bonds. The summed E-state index contributed by atoms with van der Waals surface area (Å²) in [7, 11) is 0. The molecule has 4 aliphatic rings. The molecule has 3 fully saturated rings. The van der Waals surface area contributed by atoms with Gasteiger partial charge in [0.05, 0.1) is 6.61 Å². The van der Waals surface area contributed by atoms with Crippen molar-refractivity contribution in [2.45, 2.75) is 215 Å². The second-order valence-electron chi connectivity index (χ2n) is 19.1. The molecule has 4 aliphatic carbocycles. The highest BCUT2D eigenvalue weighted by molar-refractivity contribution is 5.60. The van der Waals surface area contributed by atoms with Gasteiger partial charge in [0, 0.05) is 6.42 Å². The molecule has 3 nitrogen and oxygen atoms in total. The Morgan fingerprint density at radius 3 is 1.92 bits per heavy atom. The lowest BCUT2D eigenvalue weighted by Crippen LogP contribution is -2.51. The topological polar surface area (TPSA) is 35.5 Å². The van der Waals surface area contributed by atoms with Crippen LogP contribution in [0.4, 0.5) is 4.79 Å². The molecule has 8 atom stereocenters. The fourth-order valence-corrected chi connectivity index (χ4v) is 11.7. The summed E-state index contributed by atoms with van der Waals surface area (Å²) in [6, 6.07) is 0. The number of rotatable bonds is 22. The predicted molar refractivity (Wildman–Crippen MR) is 209 cm³/mol. The first-order chi connectivity index (χ1) is 23.5. The van der Waals surface area contributed by atoms with E-state index in [9.17, 15) is 4.79 Å². The molecule has 0 N–H and O–H groups in total. The Kier molecular flexibility index (Phi) is 16.9. The molecule has 0 aromatic heterocycles. The van der Waals surface area contributed by atoms with E-state index in [0.717, 1.165) is 73.5 Å². The number of carbonyl (C=O) groups is 1. The molecular weight excluding hydrogens is 601 g/mol. The Balaban J connectivity index is 1.07. The van der Waals surface area contributed by atoms with Gasteiger partial charge in [-0.2, -0.15) is 0 Å². The summed E-state index contributed by atoms with van der Waals surface area (Å²) >= 11 is 0. The van der Waals surface area contributed by atoms with Crippen molar-refractivity contribution in [3.05, 3.63) is 11.6 Å². The fraction of sp³-hybridized carbons (Fsp3) is 0.935. The van der Waals surface area contributed by atoms with E-state index in [4.69, 9.17) is 9.47 Å². The Bertz CT molecular complexity index is 983. The minimum atomic E-state index is -0.434. The van der Waals surface area contributed by atoms with Crippen LogP contribution in [0.2, 0.25) is 0 Å². The molecule has 284 valence electrons. The van der Waals surface area contributed by atoms with E-state index in [2.05, 4.69) is 54.5 Å². The largest absolute Gasteiger partial charge is 0.508 e. The van der Waals surface area contributed by atoms with Gasteiger partial charge in [-0.1, -0.05) is 163 Å². The lowest BCUT2D eigenvalue weighted by atomic mass is 9.47. The van der Waals surface area contributed by atoms with Crippen molar-refractivity contribution in [2.24, 2.45) is 52.3 Å². The molecule has 3 heteroatoms. The summed E-state index contributed by atoms with van der Waals surface area (Å²) in [6.45, 7) is 17.8. The van der Waals surface area contributed by atoms with Gasteiger partial charge in [0.25, 0.3) is 0 Å². The highest BCUT2D eigenvalue weighted by atomic mass is 16.7. The lowest BCUT2D eigenvalue weighted by molar-refractivity contribution is -0.0617. The third kappa shape index (κ3) is 11.8. The normalized spacial score (nSPS) is 31.6. The van der Waals surface area contributed by atoms with Crippen LogP contribution in [0.1, 0.15) is 209 Å². The summed E-state index contributed by atoms with van der Waals surface area (Å²) in [5, 5.41) is 0. The SMILES string of the molecule is CC(C)CCCCCCCCCCCCCCCOC(=O)O[C@@H]1CC[C@@]2(C)C(=CC[C@H]3[C@H]4CC[C@H]([C@H](C)CCCC(C)C)[C@@]4(C)CC[C@@H]32)C1. The predicted octanol–water partition coefficient (Wildman–Crippen LogP) is 14.7. The molecule has 0 heterocycles. The zero-order chi connectivity index (χ0) is 35.3. The van der Waals surface area contributed by atoms with Crippen LogP contribution in [-0.2, 0) is 9.47 Å². The molecule has 0 aromatic carbocycles. The molecule has 49 heavy (non-hydrogen) atoms. The molecule has 0 radical (unpaired) electrons. The van der Waals surface area contributed by atoms with E-state index in [1.807, 2.05) is 0 Å². The van der Waals surface area contributed by atoms with Crippen LogP contribution in [0.5, 0.6) is 0 Å².